The molecule has 0 radical (unpaired) electrons. The van der Waals surface area contributed by atoms with E-state index in [9.17, 15) is 52.7 Å². The van der Waals surface area contributed by atoms with Gasteiger partial charge in [-0.25, -0.2) is 87.8 Å². The highest BCUT2D eigenvalue weighted by molar-refractivity contribution is 7.20. The van der Waals surface area contributed by atoms with E-state index in [0.29, 0.717) is 0 Å². The molecule has 0 aliphatic heterocycles. The first-order valence-corrected chi connectivity index (χ1v) is 13.0. The summed E-state index contributed by atoms with van der Waals surface area (Å²) >= 11 is 0. The number of rotatable bonds is 6. The summed E-state index contributed by atoms with van der Waals surface area (Å²) in [6.45, 7) is 6.03. The Morgan fingerprint density at radius 2 is 0.380 bits per heavy atom. The van der Waals surface area contributed by atoms with Gasteiger partial charge in [0.05, 0.1) is 0 Å². The third kappa shape index (κ3) is 5.69. The van der Waals surface area contributed by atoms with Crippen LogP contribution in [0.3, 0.4) is 0 Å². The second-order valence-corrected chi connectivity index (χ2v) is 9.66. The molecule has 0 saturated heterocycles. The molecular formula is C28H11BF20O. The number of ether oxygens (including phenoxy) is 1. The molecule has 4 rings (SSSR count). The average Bonchev–Trinajstić information content (AvgIpc) is 3.08. The van der Waals surface area contributed by atoms with Crippen molar-refractivity contribution in [3.63, 3.8) is 0 Å². The van der Waals surface area contributed by atoms with Crippen LogP contribution in [-0.2, 0) is 0 Å². The summed E-state index contributed by atoms with van der Waals surface area (Å²) < 4.78 is 298. The molecule has 0 amide bonds. The SMILES string of the molecule is CC[OH+]CC.Fc1c(F)c(F)c([B-](c2c(F)c(F)c(F)c(F)c2F)(c2c(F)c(F)c(F)c(F)c2F)c2c(F)c(F)c(F)c(F)c2F)c(F)c1F. The summed E-state index contributed by atoms with van der Waals surface area (Å²) in [5, 5.41) is 0. The maximum atomic E-state index is 15.4. The number of aliphatic hydroxyl groups is 2. The Labute approximate surface area is 264 Å². The molecule has 0 atom stereocenters. The molecule has 0 heterocycles. The summed E-state index contributed by atoms with van der Waals surface area (Å²) in [5.74, 6) is -71.4. The van der Waals surface area contributed by atoms with Crippen LogP contribution in [0.25, 0.3) is 0 Å². The van der Waals surface area contributed by atoms with Crippen LogP contribution >= 0.6 is 0 Å². The fourth-order valence-electron chi connectivity index (χ4n) is 5.10. The third-order valence-electron chi connectivity index (χ3n) is 7.15. The molecule has 0 fully saturated rings. The lowest BCUT2D eigenvalue weighted by Crippen LogP contribution is -2.81. The van der Waals surface area contributed by atoms with E-state index in [1.54, 1.807) is 0 Å². The fraction of sp³-hybridized carbons (Fsp3) is 0.143. The van der Waals surface area contributed by atoms with Gasteiger partial charge in [0.15, 0.2) is 69.8 Å². The van der Waals surface area contributed by atoms with Crippen molar-refractivity contribution < 1.29 is 92.5 Å². The molecule has 0 aliphatic rings. The van der Waals surface area contributed by atoms with Crippen LogP contribution in [0.5, 0.6) is 0 Å². The van der Waals surface area contributed by atoms with Crippen LogP contribution in [0.1, 0.15) is 13.8 Å². The third-order valence-corrected chi connectivity index (χ3v) is 7.15. The second-order valence-electron chi connectivity index (χ2n) is 9.66. The molecule has 0 aromatic heterocycles. The minimum absolute atomic E-state index is 0.969. The fourth-order valence-corrected chi connectivity index (χ4v) is 5.10. The molecule has 0 aliphatic carbocycles. The first-order chi connectivity index (χ1) is 23.1. The van der Waals surface area contributed by atoms with Gasteiger partial charge in [-0.2, -0.15) is 0 Å². The second kappa shape index (κ2) is 14.4. The van der Waals surface area contributed by atoms with Gasteiger partial charge < -0.3 is 4.74 Å². The first kappa shape index (κ1) is 39.9. The van der Waals surface area contributed by atoms with Gasteiger partial charge in [0.2, 0.25) is 0 Å². The lowest BCUT2D eigenvalue weighted by molar-refractivity contribution is -0.0178. The molecule has 1 N–H and O–H groups in total. The summed E-state index contributed by atoms with van der Waals surface area (Å²) in [4.78, 5) is 0. The Morgan fingerprint density at radius 1 is 0.260 bits per heavy atom. The standard InChI is InChI=1S/C24BF20.C4H10O/c26-5-1(6(27)14(35)21(42)13(5)34)25(2-7(28)15(36)22(43)16(37)8(2)29,3-9(30)17(38)23(44)18(39)10(3)31)4-11(32)19(40)24(45)20(41)12(4)33;1-3-5-4-2/h;3-4H2,1-2H3/q-1;/p+1. The van der Waals surface area contributed by atoms with Crippen LogP contribution in [0, 0.1) is 116 Å². The van der Waals surface area contributed by atoms with E-state index in [2.05, 4.69) is 4.74 Å². The van der Waals surface area contributed by atoms with Crippen molar-refractivity contribution in [3.05, 3.63) is 116 Å². The van der Waals surface area contributed by atoms with Crippen molar-refractivity contribution in [2.24, 2.45) is 0 Å². The molecule has 50 heavy (non-hydrogen) atoms. The van der Waals surface area contributed by atoms with Crippen LogP contribution < -0.4 is 21.9 Å². The zero-order chi connectivity index (χ0) is 38.5. The molecule has 4 aromatic rings. The van der Waals surface area contributed by atoms with Gasteiger partial charge in [0, 0.05) is 13.8 Å². The smallest absolute Gasteiger partial charge is 0.200 e. The zero-order valence-corrected chi connectivity index (χ0v) is 24.0. The van der Waals surface area contributed by atoms with Gasteiger partial charge in [-0.05, 0) is 0 Å². The maximum Gasteiger partial charge on any atom is 0.200 e. The molecule has 0 bridgehead atoms. The molecule has 0 spiro atoms. The van der Waals surface area contributed by atoms with Crippen LogP contribution in [0.4, 0.5) is 87.8 Å². The average molecular weight is 754 g/mol. The molecule has 4 aromatic carbocycles. The maximum absolute atomic E-state index is 15.4. The predicted octanol–water partition coefficient (Wildman–Crippen LogP) is 6.40. The van der Waals surface area contributed by atoms with Crippen LogP contribution in [0.15, 0.2) is 0 Å². The number of halogens is 20. The van der Waals surface area contributed by atoms with E-state index in [1.165, 1.54) is 0 Å². The summed E-state index contributed by atoms with van der Waals surface area (Å²) in [7, 11) is 0. The van der Waals surface area contributed by atoms with Crippen molar-refractivity contribution in [2.45, 2.75) is 13.8 Å². The molecule has 1 nitrogen and oxygen atoms in total. The topological polar surface area (TPSA) is 12.8 Å². The first-order valence-electron chi connectivity index (χ1n) is 13.0. The van der Waals surface area contributed by atoms with E-state index in [4.69, 9.17) is 0 Å². The molecular weight excluding hydrogens is 743 g/mol. The summed E-state index contributed by atoms with van der Waals surface area (Å²) in [5.41, 5.74) is -14.3. The highest BCUT2D eigenvalue weighted by Crippen LogP contribution is 2.30. The van der Waals surface area contributed by atoms with E-state index in [0.717, 1.165) is 13.2 Å². The van der Waals surface area contributed by atoms with Crippen molar-refractivity contribution in [2.75, 3.05) is 13.2 Å². The minimum atomic E-state index is -7.22. The molecule has 272 valence electrons. The zero-order valence-electron chi connectivity index (χ0n) is 24.0. The molecule has 0 unspecified atom stereocenters. The van der Waals surface area contributed by atoms with Gasteiger partial charge >= 0.3 is 0 Å². The summed E-state index contributed by atoms with van der Waals surface area (Å²) in [6, 6.07) is 0. The Balaban J connectivity index is 0.00000126. The van der Waals surface area contributed by atoms with Gasteiger partial charge in [-0.15, -0.1) is 21.9 Å². The number of benzene rings is 4. The monoisotopic (exact) mass is 754 g/mol. The molecule has 0 saturated carbocycles. The highest BCUT2D eigenvalue weighted by Gasteiger charge is 2.52. The van der Waals surface area contributed by atoms with Crippen molar-refractivity contribution in [1.82, 2.24) is 0 Å². The Kier molecular flexibility index (Phi) is 11.5. The van der Waals surface area contributed by atoms with Crippen molar-refractivity contribution >= 4 is 28.0 Å². The van der Waals surface area contributed by atoms with E-state index in [-0.39, 0.29) is 0 Å². The van der Waals surface area contributed by atoms with Gasteiger partial charge in [-0.1, -0.05) is 0 Å². The lowest BCUT2D eigenvalue weighted by atomic mass is 9.12. The predicted molar refractivity (Wildman–Crippen MR) is 133 cm³/mol. The van der Waals surface area contributed by atoms with E-state index >= 15 is 35.1 Å². The highest BCUT2D eigenvalue weighted by atomic mass is 19.2. The normalized spacial score (nSPS) is 11.6. The number of hydrogen-bond donors (Lipinski definition) is 0. The minimum Gasteiger partial charge on any atom is -0.434 e. The van der Waals surface area contributed by atoms with E-state index in [1.807, 2.05) is 13.8 Å². The number of hydrogen-bond acceptors (Lipinski definition) is 0. The Bertz CT molecular complexity index is 1630. The lowest BCUT2D eigenvalue weighted by Gasteiger charge is -2.44. The quantitative estimate of drug-likeness (QED) is 0.0712. The molecule has 22 heteroatoms. The Hall–Kier alpha value is -4.50. The van der Waals surface area contributed by atoms with Crippen LogP contribution in [0.2, 0.25) is 0 Å². The van der Waals surface area contributed by atoms with E-state index < -0.39 is 144 Å². The summed E-state index contributed by atoms with van der Waals surface area (Å²) in [6.07, 6.45) is -7.22. The van der Waals surface area contributed by atoms with Crippen molar-refractivity contribution in [3.8, 4) is 0 Å². The largest absolute Gasteiger partial charge is 0.434 e. The van der Waals surface area contributed by atoms with Gasteiger partial charge in [0.1, 0.15) is 65.9 Å². The van der Waals surface area contributed by atoms with Crippen molar-refractivity contribution in [1.29, 1.82) is 0 Å². The van der Waals surface area contributed by atoms with Crippen LogP contribution in [-0.4, -0.2) is 24.1 Å². The Morgan fingerprint density at radius 3 is 0.480 bits per heavy atom. The van der Waals surface area contributed by atoms with Gasteiger partial charge in [-0.3, -0.25) is 0 Å². The van der Waals surface area contributed by atoms with Gasteiger partial charge in [0.25, 0.3) is 0 Å².